The molecule has 3 amide bonds. The van der Waals surface area contributed by atoms with Gasteiger partial charge in [0, 0.05) is 13.0 Å². The molecule has 0 spiro atoms. The molecule has 1 aliphatic heterocycles. The Morgan fingerprint density at radius 2 is 1.65 bits per heavy atom. The van der Waals surface area contributed by atoms with Gasteiger partial charge in [0.2, 0.25) is 17.7 Å². The minimum atomic E-state index is -1.69. The molecule has 1 fully saturated rings. The van der Waals surface area contributed by atoms with Crippen LogP contribution in [0.3, 0.4) is 0 Å². The highest BCUT2D eigenvalue weighted by atomic mass is 16.4. The van der Waals surface area contributed by atoms with E-state index in [1.54, 1.807) is 0 Å². The monoisotopic (exact) mass is 446 g/mol. The van der Waals surface area contributed by atoms with Gasteiger partial charge in [-0.1, -0.05) is 0 Å². The van der Waals surface area contributed by atoms with Gasteiger partial charge in [0.05, 0.1) is 19.1 Å². The number of amides is 3. The first kappa shape index (κ1) is 25.8. The molecule has 1 heterocycles. The van der Waals surface area contributed by atoms with Crippen LogP contribution in [-0.2, 0) is 28.8 Å². The van der Waals surface area contributed by atoms with Crippen LogP contribution in [0, 0.1) is 0 Å². The molecule has 0 aromatic heterocycles. The lowest BCUT2D eigenvalue weighted by molar-refractivity contribution is -0.148. The van der Waals surface area contributed by atoms with Crippen LogP contribution >= 0.6 is 0 Å². The van der Waals surface area contributed by atoms with E-state index in [1.807, 2.05) is 0 Å². The molecule has 0 aromatic carbocycles. The van der Waals surface area contributed by atoms with Gasteiger partial charge >= 0.3 is 17.9 Å². The smallest absolute Gasteiger partial charge is 0.326 e. The summed E-state index contributed by atoms with van der Waals surface area (Å²) < 4.78 is 0. The number of nitrogens with two attached hydrogens (primary N) is 1. The summed E-state index contributed by atoms with van der Waals surface area (Å²) in [7, 11) is 0. The summed E-state index contributed by atoms with van der Waals surface area (Å²) in [6, 6.07) is -5.49. The lowest BCUT2D eigenvalue weighted by Gasteiger charge is -2.29. The average molecular weight is 446 g/mol. The van der Waals surface area contributed by atoms with Crippen molar-refractivity contribution in [2.45, 2.75) is 56.3 Å². The lowest BCUT2D eigenvalue weighted by atomic mass is 10.1. The highest BCUT2D eigenvalue weighted by Crippen LogP contribution is 2.19. The summed E-state index contributed by atoms with van der Waals surface area (Å²) in [5.74, 6) is -6.70. The number of aliphatic hydroxyl groups is 1. The summed E-state index contributed by atoms with van der Waals surface area (Å²) in [5.41, 5.74) is 5.57. The number of carbonyl (C=O) groups excluding carboxylic acids is 3. The molecule has 31 heavy (non-hydrogen) atoms. The molecule has 0 aromatic rings. The molecule has 4 atom stereocenters. The standard InChI is InChI=1S/C17H26N4O10/c18-8(3-4-12(23)24)14(27)20-10(7-22)16(29)21-5-1-2-11(21)15(28)19-9(17(30)31)6-13(25)26/h8-11,22H,1-7,18H2,(H,19,28)(H,20,27)(H,23,24)(H,25,26)(H,30,31). The molecule has 174 valence electrons. The summed E-state index contributed by atoms with van der Waals surface area (Å²) in [6.07, 6.45) is -0.874. The minimum absolute atomic E-state index is 0.0883. The Labute approximate surface area is 176 Å². The van der Waals surface area contributed by atoms with E-state index in [0.717, 1.165) is 4.90 Å². The first-order valence-corrected chi connectivity index (χ1v) is 9.42. The van der Waals surface area contributed by atoms with Crippen LogP contribution in [0.5, 0.6) is 0 Å². The number of aliphatic hydroxyl groups excluding tert-OH is 1. The largest absolute Gasteiger partial charge is 0.481 e. The third-order valence-electron chi connectivity index (χ3n) is 4.63. The van der Waals surface area contributed by atoms with Crippen LogP contribution < -0.4 is 16.4 Å². The van der Waals surface area contributed by atoms with Crippen molar-refractivity contribution in [3.63, 3.8) is 0 Å². The second kappa shape index (κ2) is 11.8. The molecule has 0 radical (unpaired) electrons. The molecular weight excluding hydrogens is 420 g/mol. The number of hydrogen-bond acceptors (Lipinski definition) is 8. The van der Waals surface area contributed by atoms with Gasteiger partial charge < -0.3 is 41.7 Å². The SMILES string of the molecule is NC(CCC(=O)O)C(=O)NC(CO)C(=O)N1CCCC1C(=O)NC(CC(=O)O)C(=O)O. The van der Waals surface area contributed by atoms with Crippen LogP contribution in [0.15, 0.2) is 0 Å². The van der Waals surface area contributed by atoms with Gasteiger partial charge in [-0.3, -0.25) is 24.0 Å². The molecule has 1 saturated heterocycles. The zero-order valence-electron chi connectivity index (χ0n) is 16.5. The maximum atomic E-state index is 12.7. The zero-order chi connectivity index (χ0) is 23.7. The van der Waals surface area contributed by atoms with Crippen molar-refractivity contribution < 1.29 is 49.2 Å². The molecule has 1 rings (SSSR count). The number of carboxylic acids is 3. The zero-order valence-corrected chi connectivity index (χ0v) is 16.5. The number of nitrogens with one attached hydrogen (secondary N) is 2. The van der Waals surface area contributed by atoms with Gasteiger partial charge in [0.1, 0.15) is 18.1 Å². The number of carbonyl (C=O) groups is 6. The van der Waals surface area contributed by atoms with Crippen LogP contribution in [-0.4, -0.2) is 98.3 Å². The predicted octanol–water partition coefficient (Wildman–Crippen LogP) is -3.31. The second-order valence-corrected chi connectivity index (χ2v) is 6.97. The highest BCUT2D eigenvalue weighted by molar-refractivity contribution is 5.95. The fourth-order valence-corrected chi connectivity index (χ4v) is 3.02. The molecular formula is C17H26N4O10. The second-order valence-electron chi connectivity index (χ2n) is 6.97. The molecule has 0 bridgehead atoms. The van der Waals surface area contributed by atoms with Gasteiger partial charge in [-0.15, -0.1) is 0 Å². The lowest BCUT2D eigenvalue weighted by Crippen LogP contribution is -2.57. The number of likely N-dealkylation sites (tertiary alicyclic amines) is 1. The first-order chi connectivity index (χ1) is 14.5. The Morgan fingerprint density at radius 3 is 2.16 bits per heavy atom. The van der Waals surface area contributed by atoms with E-state index < -0.39 is 72.8 Å². The summed E-state index contributed by atoms with van der Waals surface area (Å²) in [6.45, 7) is -0.733. The molecule has 0 saturated carbocycles. The van der Waals surface area contributed by atoms with Crippen molar-refractivity contribution in [1.29, 1.82) is 0 Å². The van der Waals surface area contributed by atoms with Crippen molar-refractivity contribution in [2.75, 3.05) is 13.2 Å². The van der Waals surface area contributed by atoms with Crippen molar-refractivity contribution in [3.8, 4) is 0 Å². The van der Waals surface area contributed by atoms with Crippen molar-refractivity contribution in [1.82, 2.24) is 15.5 Å². The van der Waals surface area contributed by atoms with E-state index in [-0.39, 0.29) is 25.8 Å². The van der Waals surface area contributed by atoms with Gasteiger partial charge in [0.15, 0.2) is 0 Å². The van der Waals surface area contributed by atoms with Crippen LogP contribution in [0.1, 0.15) is 32.1 Å². The number of hydrogen-bond donors (Lipinski definition) is 7. The molecule has 14 nitrogen and oxygen atoms in total. The van der Waals surface area contributed by atoms with Crippen LogP contribution in [0.25, 0.3) is 0 Å². The summed E-state index contributed by atoms with van der Waals surface area (Å²) in [5, 5.41) is 40.3. The van der Waals surface area contributed by atoms with Gasteiger partial charge in [-0.05, 0) is 19.3 Å². The average Bonchev–Trinajstić information content (AvgIpc) is 3.18. The third-order valence-corrected chi connectivity index (χ3v) is 4.63. The van der Waals surface area contributed by atoms with Crippen molar-refractivity contribution in [3.05, 3.63) is 0 Å². The molecule has 8 N–H and O–H groups in total. The molecule has 14 heteroatoms. The quantitative estimate of drug-likeness (QED) is 0.157. The molecule has 4 unspecified atom stereocenters. The Kier molecular flexibility index (Phi) is 9.82. The third kappa shape index (κ3) is 7.82. The number of carboxylic acid groups (broad SMARTS) is 3. The summed E-state index contributed by atoms with van der Waals surface area (Å²) in [4.78, 5) is 70.8. The fraction of sp³-hybridized carbons (Fsp3) is 0.647. The van der Waals surface area contributed by atoms with Gasteiger partial charge in [-0.2, -0.15) is 0 Å². The summed E-state index contributed by atoms with van der Waals surface area (Å²) >= 11 is 0. The van der Waals surface area contributed by atoms with Gasteiger partial charge in [-0.25, -0.2) is 4.79 Å². The van der Waals surface area contributed by atoms with Crippen molar-refractivity contribution in [2.24, 2.45) is 5.73 Å². The number of aliphatic carboxylic acids is 3. The van der Waals surface area contributed by atoms with Crippen LogP contribution in [0.2, 0.25) is 0 Å². The number of rotatable bonds is 12. The normalized spacial score (nSPS) is 18.5. The van der Waals surface area contributed by atoms with E-state index in [2.05, 4.69) is 10.6 Å². The van der Waals surface area contributed by atoms with Crippen molar-refractivity contribution >= 4 is 35.6 Å². The maximum absolute atomic E-state index is 12.7. The van der Waals surface area contributed by atoms with E-state index in [1.165, 1.54) is 0 Å². The first-order valence-electron chi connectivity index (χ1n) is 9.42. The highest BCUT2D eigenvalue weighted by Gasteiger charge is 2.39. The van der Waals surface area contributed by atoms with Gasteiger partial charge in [0.25, 0.3) is 0 Å². The Bertz CT molecular complexity index is 728. The number of nitrogens with zero attached hydrogens (tertiary/aromatic N) is 1. The Morgan fingerprint density at radius 1 is 1.00 bits per heavy atom. The van der Waals surface area contributed by atoms with Crippen LogP contribution in [0.4, 0.5) is 0 Å². The fourth-order valence-electron chi connectivity index (χ4n) is 3.02. The Hall–Kier alpha value is -3.26. The van der Waals surface area contributed by atoms with E-state index in [4.69, 9.17) is 21.1 Å². The minimum Gasteiger partial charge on any atom is -0.481 e. The predicted molar refractivity (Wildman–Crippen MR) is 100 cm³/mol. The topological polar surface area (TPSA) is 237 Å². The maximum Gasteiger partial charge on any atom is 0.326 e. The van der Waals surface area contributed by atoms with E-state index >= 15 is 0 Å². The van der Waals surface area contributed by atoms with E-state index in [9.17, 15) is 33.9 Å². The molecule has 0 aliphatic carbocycles. The molecule has 1 aliphatic rings. The van der Waals surface area contributed by atoms with E-state index in [0.29, 0.717) is 6.42 Å². The Balaban J connectivity index is 2.81.